The average Bonchev–Trinajstić information content (AvgIpc) is 2.82. The van der Waals surface area contributed by atoms with Crippen LogP contribution >= 0.6 is 0 Å². The highest BCUT2D eigenvalue weighted by molar-refractivity contribution is 6.02. The van der Waals surface area contributed by atoms with E-state index in [1.165, 1.54) is 0 Å². The Morgan fingerprint density at radius 3 is 2.76 bits per heavy atom. The Labute approximate surface area is 122 Å². The van der Waals surface area contributed by atoms with Crippen LogP contribution in [0.5, 0.6) is 5.75 Å². The van der Waals surface area contributed by atoms with E-state index < -0.39 is 0 Å². The summed E-state index contributed by atoms with van der Waals surface area (Å²) in [5.74, 6) is 1.14. The number of imidazole rings is 1. The smallest absolute Gasteiger partial charge is 0.221 e. The monoisotopic (exact) mass is 280 g/mol. The highest BCUT2D eigenvalue weighted by Crippen LogP contribution is 2.26. The Balaban J connectivity index is 2.12. The van der Waals surface area contributed by atoms with Crippen molar-refractivity contribution in [2.24, 2.45) is 5.10 Å². The molecule has 3 aromatic rings. The van der Waals surface area contributed by atoms with Gasteiger partial charge < -0.3 is 10.5 Å². The van der Waals surface area contributed by atoms with Crippen LogP contribution in [0.3, 0.4) is 0 Å². The first-order valence-corrected chi connectivity index (χ1v) is 6.60. The number of aromatic nitrogens is 2. The van der Waals surface area contributed by atoms with Crippen molar-refractivity contribution in [3.63, 3.8) is 0 Å². The maximum atomic E-state index is 5.80. The number of nitrogen functional groups attached to an aromatic ring is 1. The molecule has 21 heavy (non-hydrogen) atoms. The summed E-state index contributed by atoms with van der Waals surface area (Å²) in [6, 6.07) is 12.1. The van der Waals surface area contributed by atoms with Crippen LogP contribution < -0.4 is 10.5 Å². The summed E-state index contributed by atoms with van der Waals surface area (Å²) >= 11 is 0. The molecule has 2 aromatic carbocycles. The van der Waals surface area contributed by atoms with Gasteiger partial charge in [-0.2, -0.15) is 5.10 Å². The molecule has 0 spiro atoms. The number of hydrogen-bond donors (Lipinski definition) is 1. The summed E-state index contributed by atoms with van der Waals surface area (Å²) in [7, 11) is 1.65. The Morgan fingerprint density at radius 1 is 1.24 bits per heavy atom. The van der Waals surface area contributed by atoms with Crippen LogP contribution in [0.1, 0.15) is 11.3 Å². The highest BCUT2D eigenvalue weighted by atomic mass is 16.5. The molecule has 0 aliphatic carbocycles. The third kappa shape index (κ3) is 2.45. The van der Waals surface area contributed by atoms with Gasteiger partial charge in [0.15, 0.2) is 0 Å². The van der Waals surface area contributed by atoms with Crippen molar-refractivity contribution in [2.75, 3.05) is 12.8 Å². The number of anilines is 1. The van der Waals surface area contributed by atoms with Gasteiger partial charge in [-0.1, -0.05) is 30.3 Å². The number of benzene rings is 2. The molecule has 0 aliphatic heterocycles. The maximum Gasteiger partial charge on any atom is 0.221 e. The Morgan fingerprint density at radius 2 is 2.05 bits per heavy atom. The van der Waals surface area contributed by atoms with Gasteiger partial charge in [0.25, 0.3) is 0 Å². The fourth-order valence-corrected chi connectivity index (χ4v) is 2.30. The predicted molar refractivity (Wildman–Crippen MR) is 84.9 cm³/mol. The van der Waals surface area contributed by atoms with E-state index >= 15 is 0 Å². The fraction of sp³-hybridized carbons (Fsp3) is 0.125. The van der Waals surface area contributed by atoms with Gasteiger partial charge in [0.1, 0.15) is 5.75 Å². The molecule has 1 aromatic heterocycles. The van der Waals surface area contributed by atoms with Crippen LogP contribution in [-0.2, 0) is 0 Å². The van der Waals surface area contributed by atoms with E-state index in [0.29, 0.717) is 5.95 Å². The molecule has 0 bridgehead atoms. The largest absolute Gasteiger partial charge is 0.496 e. The van der Waals surface area contributed by atoms with Crippen molar-refractivity contribution in [1.82, 2.24) is 9.66 Å². The minimum Gasteiger partial charge on any atom is -0.496 e. The number of rotatable bonds is 3. The Kier molecular flexibility index (Phi) is 3.31. The predicted octanol–water partition coefficient (Wildman–Crippen LogP) is 2.82. The molecule has 106 valence electrons. The molecule has 5 heteroatoms. The molecule has 0 unspecified atom stereocenters. The summed E-state index contributed by atoms with van der Waals surface area (Å²) in [6.07, 6.45) is 3.53. The molecule has 0 saturated carbocycles. The standard InChI is InChI=1S/C16H16N4O/c1-11-10-20(16(17)19-11)18-9-14-13-6-4-3-5-12(13)7-8-15(14)21-2/h3-10H,1-2H3,(H2,17,19). The van der Waals surface area contributed by atoms with Gasteiger partial charge in [-0.3, -0.25) is 0 Å². The van der Waals surface area contributed by atoms with Crippen LogP contribution in [0, 0.1) is 6.92 Å². The molecular weight excluding hydrogens is 264 g/mol. The second-order valence-corrected chi connectivity index (χ2v) is 4.73. The molecule has 0 saturated heterocycles. The van der Waals surface area contributed by atoms with Crippen LogP contribution in [-0.4, -0.2) is 23.0 Å². The molecule has 0 aliphatic rings. The van der Waals surface area contributed by atoms with Crippen molar-refractivity contribution < 1.29 is 4.74 Å². The Bertz CT molecular complexity index is 820. The number of methoxy groups -OCH3 is 1. The van der Waals surface area contributed by atoms with E-state index in [1.54, 1.807) is 24.2 Å². The number of fused-ring (bicyclic) bond motifs is 1. The van der Waals surface area contributed by atoms with Gasteiger partial charge in [0.2, 0.25) is 5.95 Å². The summed E-state index contributed by atoms with van der Waals surface area (Å²) < 4.78 is 6.98. The zero-order valence-corrected chi connectivity index (χ0v) is 11.9. The van der Waals surface area contributed by atoms with Gasteiger partial charge in [0.05, 0.1) is 25.2 Å². The van der Waals surface area contributed by atoms with Crippen LogP contribution in [0.15, 0.2) is 47.7 Å². The zero-order chi connectivity index (χ0) is 14.8. The minimum atomic E-state index is 0.364. The molecule has 0 radical (unpaired) electrons. The Hall–Kier alpha value is -2.82. The van der Waals surface area contributed by atoms with E-state index in [-0.39, 0.29) is 0 Å². The van der Waals surface area contributed by atoms with E-state index in [2.05, 4.69) is 16.2 Å². The number of nitrogens with zero attached hydrogens (tertiary/aromatic N) is 3. The van der Waals surface area contributed by atoms with E-state index in [1.807, 2.05) is 37.3 Å². The molecule has 5 nitrogen and oxygen atoms in total. The van der Waals surface area contributed by atoms with Crippen molar-refractivity contribution in [3.8, 4) is 5.75 Å². The van der Waals surface area contributed by atoms with Gasteiger partial charge >= 0.3 is 0 Å². The number of nitrogens with two attached hydrogens (primary N) is 1. The molecule has 0 atom stereocenters. The summed E-state index contributed by atoms with van der Waals surface area (Å²) in [5.41, 5.74) is 7.54. The number of hydrogen-bond acceptors (Lipinski definition) is 4. The lowest BCUT2D eigenvalue weighted by atomic mass is 10.0. The normalized spacial score (nSPS) is 11.3. The molecule has 1 heterocycles. The van der Waals surface area contributed by atoms with E-state index in [9.17, 15) is 0 Å². The summed E-state index contributed by atoms with van der Waals surface area (Å²) in [4.78, 5) is 4.12. The maximum absolute atomic E-state index is 5.80. The topological polar surface area (TPSA) is 65.4 Å². The molecule has 0 fully saturated rings. The fourth-order valence-electron chi connectivity index (χ4n) is 2.30. The van der Waals surface area contributed by atoms with Crippen molar-refractivity contribution in [2.45, 2.75) is 6.92 Å². The lowest BCUT2D eigenvalue weighted by molar-refractivity contribution is 0.415. The average molecular weight is 280 g/mol. The van der Waals surface area contributed by atoms with Gasteiger partial charge in [-0.05, 0) is 23.8 Å². The molecule has 0 amide bonds. The van der Waals surface area contributed by atoms with Crippen LogP contribution in [0.25, 0.3) is 10.8 Å². The second kappa shape index (κ2) is 5.28. The zero-order valence-electron chi connectivity index (χ0n) is 11.9. The van der Waals surface area contributed by atoms with Crippen LogP contribution in [0.2, 0.25) is 0 Å². The third-order valence-corrected chi connectivity index (χ3v) is 3.30. The lowest BCUT2D eigenvalue weighted by Crippen LogP contribution is -1.98. The van der Waals surface area contributed by atoms with Gasteiger partial charge in [-0.15, -0.1) is 0 Å². The van der Waals surface area contributed by atoms with Crippen LogP contribution in [0.4, 0.5) is 5.95 Å². The first kappa shape index (κ1) is 13.2. The van der Waals surface area contributed by atoms with Gasteiger partial charge in [-0.25, -0.2) is 9.66 Å². The minimum absolute atomic E-state index is 0.364. The quantitative estimate of drug-likeness (QED) is 0.750. The van der Waals surface area contributed by atoms with Crippen molar-refractivity contribution >= 4 is 22.9 Å². The summed E-state index contributed by atoms with van der Waals surface area (Å²) in [6.45, 7) is 1.88. The van der Waals surface area contributed by atoms with E-state index in [0.717, 1.165) is 27.8 Å². The van der Waals surface area contributed by atoms with Crippen molar-refractivity contribution in [1.29, 1.82) is 0 Å². The number of aryl methyl sites for hydroxylation is 1. The molecular formula is C16H16N4O. The molecule has 3 rings (SSSR count). The third-order valence-electron chi connectivity index (χ3n) is 3.30. The van der Waals surface area contributed by atoms with E-state index in [4.69, 9.17) is 10.5 Å². The first-order chi connectivity index (χ1) is 10.2. The van der Waals surface area contributed by atoms with Crippen molar-refractivity contribution in [3.05, 3.63) is 53.9 Å². The lowest BCUT2D eigenvalue weighted by Gasteiger charge is -2.08. The number of ether oxygens (including phenoxy) is 1. The SMILES string of the molecule is COc1ccc2ccccc2c1C=Nn1cc(C)nc1N. The first-order valence-electron chi connectivity index (χ1n) is 6.60. The highest BCUT2D eigenvalue weighted by Gasteiger charge is 2.06. The summed E-state index contributed by atoms with van der Waals surface area (Å²) in [5, 5.41) is 6.59. The van der Waals surface area contributed by atoms with Gasteiger partial charge in [0, 0.05) is 5.56 Å². The molecule has 2 N–H and O–H groups in total. The second-order valence-electron chi connectivity index (χ2n) is 4.73.